The van der Waals surface area contributed by atoms with Gasteiger partial charge in [-0.15, -0.1) is 0 Å². The lowest BCUT2D eigenvalue weighted by Crippen LogP contribution is -2.31. The molecule has 0 heterocycles. The van der Waals surface area contributed by atoms with E-state index in [0.29, 0.717) is 6.42 Å². The second-order valence-corrected chi connectivity index (χ2v) is 2.98. The molecule has 1 N–H and O–H groups in total. The van der Waals surface area contributed by atoms with Crippen LogP contribution in [0.3, 0.4) is 0 Å². The average Bonchev–Trinajstić information content (AvgIpc) is 2.02. The third-order valence-electron chi connectivity index (χ3n) is 1.78. The van der Waals surface area contributed by atoms with Crippen LogP contribution in [0.5, 0.6) is 0 Å². The number of nitro groups is 1. The molecule has 0 aromatic rings. The maximum Gasteiger partial charge on any atom is 0.311 e. The number of carbonyl (C=O) groups excluding carboxylic acids is 1. The minimum atomic E-state index is -1.36. The van der Waals surface area contributed by atoms with Gasteiger partial charge in [0.05, 0.1) is 0 Å². The van der Waals surface area contributed by atoms with E-state index in [4.69, 9.17) is 5.11 Å². The number of rotatable bonds is 7. The molecule has 0 aromatic carbocycles. The summed E-state index contributed by atoms with van der Waals surface area (Å²) in [5, 5.41) is 18.7. The molecule has 0 bridgehead atoms. The summed E-state index contributed by atoms with van der Waals surface area (Å²) in [5.74, 6) is -2.14. The highest BCUT2D eigenvalue weighted by atomic mass is 16.6. The first-order valence-corrected chi connectivity index (χ1v) is 4.37. The van der Waals surface area contributed by atoms with Gasteiger partial charge in [0.2, 0.25) is 5.78 Å². The van der Waals surface area contributed by atoms with Gasteiger partial charge in [-0.05, 0) is 6.42 Å². The fourth-order valence-electron chi connectivity index (χ4n) is 1.05. The fourth-order valence-corrected chi connectivity index (χ4v) is 1.05. The number of Topliss-reactive ketones (excluding diaryl/α,β-unsaturated/α-hetero) is 1. The Labute approximate surface area is 81.1 Å². The highest BCUT2D eigenvalue weighted by Crippen LogP contribution is 2.07. The minimum absolute atomic E-state index is 0.121. The standard InChI is InChI=1S/C8H13NO5/c1-2-3-4-6(9(13)14)7(10)5-8(11)12/h6H,2-5H2,1H3,(H,11,12). The summed E-state index contributed by atoms with van der Waals surface area (Å²) < 4.78 is 0. The van der Waals surface area contributed by atoms with Crippen molar-refractivity contribution in [3.63, 3.8) is 0 Å². The number of unbranched alkanes of at least 4 members (excludes halogenated alkanes) is 1. The summed E-state index contributed by atoms with van der Waals surface area (Å²) in [6.07, 6.45) is 0.646. The summed E-state index contributed by atoms with van der Waals surface area (Å²) in [4.78, 5) is 31.0. The fraction of sp³-hybridized carbons (Fsp3) is 0.750. The predicted octanol–water partition coefficient (Wildman–Crippen LogP) is 0.866. The summed E-state index contributed by atoms with van der Waals surface area (Å²) in [6, 6.07) is -1.36. The van der Waals surface area contributed by atoms with Crippen molar-refractivity contribution in [3.05, 3.63) is 10.1 Å². The van der Waals surface area contributed by atoms with Gasteiger partial charge in [-0.25, -0.2) is 0 Å². The molecule has 0 aliphatic rings. The molecule has 0 radical (unpaired) electrons. The summed E-state index contributed by atoms with van der Waals surface area (Å²) in [6.45, 7) is 1.85. The van der Waals surface area contributed by atoms with E-state index in [1.165, 1.54) is 0 Å². The second-order valence-electron chi connectivity index (χ2n) is 2.98. The van der Waals surface area contributed by atoms with Gasteiger partial charge in [0, 0.05) is 11.3 Å². The Morgan fingerprint density at radius 3 is 2.43 bits per heavy atom. The summed E-state index contributed by atoms with van der Waals surface area (Å²) in [5.41, 5.74) is 0. The Balaban J connectivity index is 4.26. The quantitative estimate of drug-likeness (QED) is 0.376. The molecule has 0 spiro atoms. The lowest BCUT2D eigenvalue weighted by molar-refractivity contribution is -0.508. The van der Waals surface area contributed by atoms with Gasteiger partial charge < -0.3 is 5.11 Å². The predicted molar refractivity (Wildman–Crippen MR) is 47.6 cm³/mol. The molecule has 0 rings (SSSR count). The van der Waals surface area contributed by atoms with Crippen molar-refractivity contribution >= 4 is 11.8 Å². The van der Waals surface area contributed by atoms with Crippen molar-refractivity contribution in [3.8, 4) is 0 Å². The normalized spacial score (nSPS) is 12.1. The van der Waals surface area contributed by atoms with E-state index in [-0.39, 0.29) is 6.42 Å². The first-order valence-electron chi connectivity index (χ1n) is 4.37. The van der Waals surface area contributed by atoms with Gasteiger partial charge >= 0.3 is 5.97 Å². The van der Waals surface area contributed by atoms with E-state index in [1.54, 1.807) is 0 Å². The first-order chi connectivity index (χ1) is 6.49. The Kier molecular flexibility index (Phi) is 5.43. The van der Waals surface area contributed by atoms with Crippen LogP contribution in [0, 0.1) is 10.1 Å². The maximum absolute atomic E-state index is 11.1. The third kappa shape index (κ3) is 4.54. The van der Waals surface area contributed by atoms with Crippen LogP contribution < -0.4 is 0 Å². The molecule has 0 saturated heterocycles. The number of carboxylic acid groups (broad SMARTS) is 1. The molecule has 1 atom stereocenters. The van der Waals surface area contributed by atoms with Crippen LogP contribution in [-0.2, 0) is 9.59 Å². The van der Waals surface area contributed by atoms with Gasteiger partial charge in [-0.1, -0.05) is 13.3 Å². The molecule has 0 aliphatic heterocycles. The van der Waals surface area contributed by atoms with Gasteiger partial charge in [0.25, 0.3) is 6.04 Å². The van der Waals surface area contributed by atoms with Crippen LogP contribution in [0.4, 0.5) is 0 Å². The van der Waals surface area contributed by atoms with E-state index in [9.17, 15) is 19.7 Å². The largest absolute Gasteiger partial charge is 0.481 e. The molecule has 6 nitrogen and oxygen atoms in total. The van der Waals surface area contributed by atoms with Crippen molar-refractivity contribution in [2.75, 3.05) is 0 Å². The number of nitrogens with zero attached hydrogens (tertiary/aromatic N) is 1. The van der Waals surface area contributed by atoms with E-state index < -0.39 is 29.1 Å². The van der Waals surface area contributed by atoms with E-state index >= 15 is 0 Å². The average molecular weight is 203 g/mol. The maximum atomic E-state index is 11.1. The number of aliphatic carboxylic acids is 1. The third-order valence-corrected chi connectivity index (χ3v) is 1.78. The smallest absolute Gasteiger partial charge is 0.311 e. The van der Waals surface area contributed by atoms with Crippen molar-refractivity contribution in [1.82, 2.24) is 0 Å². The van der Waals surface area contributed by atoms with Crippen LogP contribution in [0.25, 0.3) is 0 Å². The van der Waals surface area contributed by atoms with Crippen LogP contribution in [0.2, 0.25) is 0 Å². The zero-order valence-corrected chi connectivity index (χ0v) is 7.93. The number of carbonyl (C=O) groups is 2. The first kappa shape index (κ1) is 12.5. The topological polar surface area (TPSA) is 97.5 Å². The molecule has 14 heavy (non-hydrogen) atoms. The highest BCUT2D eigenvalue weighted by Gasteiger charge is 2.29. The monoisotopic (exact) mass is 203 g/mol. The highest BCUT2D eigenvalue weighted by molar-refractivity contribution is 5.97. The molecule has 1 unspecified atom stereocenters. The zero-order valence-electron chi connectivity index (χ0n) is 7.93. The Morgan fingerprint density at radius 2 is 2.07 bits per heavy atom. The molecule has 6 heteroatoms. The Bertz CT molecular complexity index is 238. The van der Waals surface area contributed by atoms with Crippen molar-refractivity contribution in [2.45, 2.75) is 38.6 Å². The van der Waals surface area contributed by atoms with Crippen LogP contribution in [0.1, 0.15) is 32.6 Å². The summed E-state index contributed by atoms with van der Waals surface area (Å²) >= 11 is 0. The lowest BCUT2D eigenvalue weighted by atomic mass is 10.0. The molecule has 0 aromatic heterocycles. The number of hydrogen-bond donors (Lipinski definition) is 1. The van der Waals surface area contributed by atoms with Gasteiger partial charge in [0.1, 0.15) is 6.42 Å². The van der Waals surface area contributed by atoms with E-state index in [2.05, 4.69) is 0 Å². The van der Waals surface area contributed by atoms with Crippen molar-refractivity contribution < 1.29 is 19.6 Å². The molecule has 0 fully saturated rings. The Hall–Kier alpha value is -1.46. The summed E-state index contributed by atoms with van der Waals surface area (Å²) in [7, 11) is 0. The molecular weight excluding hydrogens is 190 g/mol. The van der Waals surface area contributed by atoms with Crippen LogP contribution in [0.15, 0.2) is 0 Å². The number of ketones is 1. The van der Waals surface area contributed by atoms with Gasteiger partial charge in [-0.2, -0.15) is 0 Å². The van der Waals surface area contributed by atoms with Crippen molar-refractivity contribution in [2.24, 2.45) is 0 Å². The van der Waals surface area contributed by atoms with Crippen LogP contribution in [-0.4, -0.2) is 27.8 Å². The van der Waals surface area contributed by atoms with E-state index in [0.717, 1.165) is 6.42 Å². The van der Waals surface area contributed by atoms with Gasteiger partial charge in [-0.3, -0.25) is 19.7 Å². The minimum Gasteiger partial charge on any atom is -0.481 e. The molecule has 0 saturated carbocycles. The van der Waals surface area contributed by atoms with Crippen molar-refractivity contribution in [1.29, 1.82) is 0 Å². The molecule has 0 amide bonds. The zero-order chi connectivity index (χ0) is 11.1. The van der Waals surface area contributed by atoms with Crippen LogP contribution >= 0.6 is 0 Å². The van der Waals surface area contributed by atoms with Gasteiger partial charge in [0.15, 0.2) is 0 Å². The molecule has 80 valence electrons. The molecule has 0 aliphatic carbocycles. The SMILES string of the molecule is CCCCC(C(=O)CC(=O)O)[N+](=O)[O-]. The van der Waals surface area contributed by atoms with E-state index in [1.807, 2.05) is 6.92 Å². The Morgan fingerprint density at radius 1 is 1.50 bits per heavy atom. The number of hydrogen-bond acceptors (Lipinski definition) is 4. The number of carboxylic acids is 1. The second kappa shape index (κ2) is 6.06. The lowest BCUT2D eigenvalue weighted by Gasteiger charge is -2.05. The molecular formula is C8H13NO5.